The van der Waals surface area contributed by atoms with E-state index in [0.717, 1.165) is 30.2 Å². The van der Waals surface area contributed by atoms with Gasteiger partial charge in [0.2, 0.25) is 0 Å². The molecule has 2 aromatic rings. The van der Waals surface area contributed by atoms with Gasteiger partial charge < -0.3 is 5.32 Å². The fourth-order valence-corrected chi connectivity index (χ4v) is 2.66. The second kappa shape index (κ2) is 4.21. The van der Waals surface area contributed by atoms with Crippen molar-refractivity contribution in [2.75, 3.05) is 6.54 Å². The van der Waals surface area contributed by atoms with Crippen LogP contribution in [0.4, 0.5) is 0 Å². The summed E-state index contributed by atoms with van der Waals surface area (Å²) >= 11 is 0. The van der Waals surface area contributed by atoms with Crippen molar-refractivity contribution in [3.63, 3.8) is 0 Å². The van der Waals surface area contributed by atoms with Crippen LogP contribution >= 0.6 is 0 Å². The Kier molecular flexibility index (Phi) is 2.67. The molecule has 1 saturated heterocycles. The average Bonchev–Trinajstić information content (AvgIpc) is 2.98. The molecule has 2 heterocycles. The van der Waals surface area contributed by atoms with Gasteiger partial charge in [-0.15, -0.1) is 0 Å². The van der Waals surface area contributed by atoms with Crippen LogP contribution in [0.2, 0.25) is 0 Å². The summed E-state index contributed by atoms with van der Waals surface area (Å²) in [5.74, 6) is 1.84. The van der Waals surface area contributed by atoms with Gasteiger partial charge in [0.25, 0.3) is 0 Å². The van der Waals surface area contributed by atoms with Gasteiger partial charge in [-0.1, -0.05) is 30.3 Å². The predicted molar refractivity (Wildman–Crippen MR) is 71.0 cm³/mol. The van der Waals surface area contributed by atoms with Gasteiger partial charge in [0.05, 0.1) is 5.54 Å². The number of aryl methyl sites for hydroxylation is 1. The van der Waals surface area contributed by atoms with Crippen LogP contribution in [0.3, 0.4) is 0 Å². The normalized spacial score (nSPS) is 23.4. The summed E-state index contributed by atoms with van der Waals surface area (Å²) in [5, 5.41) is 8.07. The van der Waals surface area contributed by atoms with Crippen LogP contribution < -0.4 is 5.32 Å². The van der Waals surface area contributed by atoms with E-state index in [1.165, 1.54) is 6.42 Å². The van der Waals surface area contributed by atoms with Crippen LogP contribution in [-0.2, 0) is 12.6 Å². The van der Waals surface area contributed by atoms with Crippen LogP contribution in [0.1, 0.15) is 25.6 Å². The molecule has 0 bridgehead atoms. The monoisotopic (exact) mass is 242 g/mol. The largest absolute Gasteiger partial charge is 0.305 e. The second-order valence-electron chi connectivity index (χ2n) is 5.11. The molecule has 1 unspecified atom stereocenters. The van der Waals surface area contributed by atoms with Gasteiger partial charge in [-0.2, -0.15) is 5.10 Å². The van der Waals surface area contributed by atoms with Crippen molar-refractivity contribution in [2.45, 2.75) is 25.3 Å². The third-order valence-electron chi connectivity index (χ3n) is 3.66. The van der Waals surface area contributed by atoms with Crippen LogP contribution in [0.15, 0.2) is 30.3 Å². The van der Waals surface area contributed by atoms with Gasteiger partial charge in [-0.3, -0.25) is 4.68 Å². The molecule has 1 N–H and O–H groups in total. The summed E-state index contributed by atoms with van der Waals surface area (Å²) in [7, 11) is 1.97. The summed E-state index contributed by atoms with van der Waals surface area (Å²) in [4.78, 5) is 4.72. The molecule has 0 radical (unpaired) electrons. The summed E-state index contributed by atoms with van der Waals surface area (Å²) in [6, 6.07) is 10.1. The molecular weight excluding hydrogens is 224 g/mol. The number of rotatable bonds is 2. The maximum Gasteiger partial charge on any atom is 0.181 e. The molecule has 0 spiro atoms. The van der Waals surface area contributed by atoms with Gasteiger partial charge in [0, 0.05) is 12.6 Å². The van der Waals surface area contributed by atoms with Crippen molar-refractivity contribution in [1.29, 1.82) is 0 Å². The van der Waals surface area contributed by atoms with Gasteiger partial charge in [0.15, 0.2) is 5.82 Å². The zero-order valence-electron chi connectivity index (χ0n) is 10.8. The lowest BCUT2D eigenvalue weighted by atomic mass is 9.99. The molecule has 4 heteroatoms. The van der Waals surface area contributed by atoms with Crippen molar-refractivity contribution in [3.8, 4) is 11.4 Å². The Morgan fingerprint density at radius 2 is 2.06 bits per heavy atom. The van der Waals surface area contributed by atoms with Crippen molar-refractivity contribution >= 4 is 0 Å². The quantitative estimate of drug-likeness (QED) is 0.876. The highest BCUT2D eigenvalue weighted by Crippen LogP contribution is 2.29. The number of hydrogen-bond donors (Lipinski definition) is 1. The lowest BCUT2D eigenvalue weighted by Crippen LogP contribution is -2.36. The molecule has 18 heavy (non-hydrogen) atoms. The molecule has 94 valence electrons. The van der Waals surface area contributed by atoms with E-state index in [1.807, 2.05) is 42.1 Å². The number of nitrogens with one attached hydrogen (secondary N) is 1. The van der Waals surface area contributed by atoms with E-state index in [0.29, 0.717) is 0 Å². The van der Waals surface area contributed by atoms with Crippen LogP contribution in [0, 0.1) is 0 Å². The Balaban J connectivity index is 2.01. The summed E-state index contributed by atoms with van der Waals surface area (Å²) in [6.45, 7) is 3.27. The molecule has 3 rings (SSSR count). The van der Waals surface area contributed by atoms with Gasteiger partial charge in [0.1, 0.15) is 5.82 Å². The van der Waals surface area contributed by atoms with Crippen molar-refractivity contribution in [2.24, 2.45) is 7.05 Å². The Labute approximate surface area is 107 Å². The highest BCUT2D eigenvalue weighted by Gasteiger charge is 2.34. The molecule has 1 aromatic carbocycles. The van der Waals surface area contributed by atoms with Crippen LogP contribution in [0.5, 0.6) is 0 Å². The van der Waals surface area contributed by atoms with Crippen molar-refractivity contribution in [3.05, 3.63) is 36.2 Å². The topological polar surface area (TPSA) is 42.7 Å². The predicted octanol–water partition coefficient (Wildman–Crippen LogP) is 2.08. The fourth-order valence-electron chi connectivity index (χ4n) is 2.66. The van der Waals surface area contributed by atoms with E-state index in [1.54, 1.807) is 0 Å². The Bertz CT molecular complexity index is 538. The molecule has 0 aliphatic carbocycles. The van der Waals surface area contributed by atoms with E-state index < -0.39 is 0 Å². The summed E-state index contributed by atoms with van der Waals surface area (Å²) in [5.41, 5.74) is 1.04. The standard InChI is InChI=1S/C14H18N4/c1-14(9-6-10-15-14)13-16-12(17-18(13)2)11-7-4-3-5-8-11/h3-5,7-8,15H,6,9-10H2,1-2H3. The van der Waals surface area contributed by atoms with Crippen LogP contribution in [0.25, 0.3) is 11.4 Å². The first-order valence-corrected chi connectivity index (χ1v) is 6.41. The smallest absolute Gasteiger partial charge is 0.181 e. The fraction of sp³-hybridized carbons (Fsp3) is 0.429. The highest BCUT2D eigenvalue weighted by atomic mass is 15.4. The molecule has 1 fully saturated rings. The first-order valence-electron chi connectivity index (χ1n) is 6.41. The van der Waals surface area contributed by atoms with Crippen molar-refractivity contribution in [1.82, 2.24) is 20.1 Å². The first kappa shape index (κ1) is 11.4. The number of benzene rings is 1. The highest BCUT2D eigenvalue weighted by molar-refractivity contribution is 5.54. The number of nitrogens with zero attached hydrogens (tertiary/aromatic N) is 3. The molecule has 1 atom stereocenters. The minimum Gasteiger partial charge on any atom is -0.305 e. The SMILES string of the molecule is Cn1nc(-c2ccccc2)nc1C1(C)CCCN1. The summed E-state index contributed by atoms with van der Waals surface area (Å²) < 4.78 is 1.90. The lowest BCUT2D eigenvalue weighted by molar-refractivity contribution is 0.388. The summed E-state index contributed by atoms with van der Waals surface area (Å²) in [6.07, 6.45) is 2.32. The molecule has 0 amide bonds. The third kappa shape index (κ3) is 1.82. The molecule has 1 aliphatic heterocycles. The maximum absolute atomic E-state index is 4.72. The Morgan fingerprint density at radius 3 is 2.72 bits per heavy atom. The van der Waals surface area contributed by atoms with Crippen LogP contribution in [-0.4, -0.2) is 21.3 Å². The number of aromatic nitrogens is 3. The van der Waals surface area contributed by atoms with Gasteiger partial charge in [-0.25, -0.2) is 4.98 Å². The Morgan fingerprint density at radius 1 is 1.28 bits per heavy atom. The molecule has 4 nitrogen and oxygen atoms in total. The van der Waals surface area contributed by atoms with Gasteiger partial charge in [-0.05, 0) is 26.3 Å². The van der Waals surface area contributed by atoms with E-state index in [-0.39, 0.29) is 5.54 Å². The molecule has 0 saturated carbocycles. The zero-order valence-corrected chi connectivity index (χ0v) is 10.8. The first-order chi connectivity index (χ1) is 8.69. The Hall–Kier alpha value is -1.68. The lowest BCUT2D eigenvalue weighted by Gasteiger charge is -2.22. The minimum absolute atomic E-state index is 0.0330. The second-order valence-corrected chi connectivity index (χ2v) is 5.11. The average molecular weight is 242 g/mol. The molecule has 1 aromatic heterocycles. The zero-order chi connectivity index (χ0) is 12.6. The van der Waals surface area contributed by atoms with Gasteiger partial charge >= 0.3 is 0 Å². The van der Waals surface area contributed by atoms with E-state index in [9.17, 15) is 0 Å². The maximum atomic E-state index is 4.72. The minimum atomic E-state index is -0.0330. The molecular formula is C14H18N4. The molecule has 1 aliphatic rings. The third-order valence-corrected chi connectivity index (χ3v) is 3.66. The van der Waals surface area contributed by atoms with E-state index >= 15 is 0 Å². The van der Waals surface area contributed by atoms with Crippen molar-refractivity contribution < 1.29 is 0 Å². The van der Waals surface area contributed by atoms with E-state index in [4.69, 9.17) is 4.98 Å². The van der Waals surface area contributed by atoms with E-state index in [2.05, 4.69) is 17.3 Å². The number of hydrogen-bond acceptors (Lipinski definition) is 3.